The standard InChI is InChI=1S/C15H21NO4S2/c17-22(18,16-7-10-21-12-3-1-2-4-12)13-5-6-14-15(11-13)20-9-8-19-14/h5-6,11-12,16H,1-4,7-10H2. The molecule has 0 unspecified atom stereocenters. The smallest absolute Gasteiger partial charge is 0.240 e. The third-order valence-corrected chi connectivity index (χ3v) is 6.72. The van der Waals surface area contributed by atoms with Gasteiger partial charge in [-0.25, -0.2) is 13.1 Å². The van der Waals surface area contributed by atoms with Crippen molar-refractivity contribution in [3.63, 3.8) is 0 Å². The van der Waals surface area contributed by atoms with Gasteiger partial charge in [0.1, 0.15) is 13.2 Å². The highest BCUT2D eigenvalue weighted by Gasteiger charge is 2.19. The lowest BCUT2D eigenvalue weighted by molar-refractivity contribution is 0.171. The Labute approximate surface area is 135 Å². The molecule has 0 atom stereocenters. The number of benzene rings is 1. The van der Waals surface area contributed by atoms with Crippen molar-refractivity contribution < 1.29 is 17.9 Å². The predicted octanol–water partition coefficient (Wildman–Crippen LogP) is 2.41. The third-order valence-electron chi connectivity index (χ3n) is 3.87. The van der Waals surface area contributed by atoms with Crippen LogP contribution >= 0.6 is 11.8 Å². The first-order valence-corrected chi connectivity index (χ1v) is 10.2. The SMILES string of the molecule is O=S(=O)(NCCSC1CCCC1)c1ccc2c(c1)OCCO2. The van der Waals surface area contributed by atoms with E-state index in [4.69, 9.17) is 9.47 Å². The normalized spacial score (nSPS) is 18.5. The first-order valence-electron chi connectivity index (χ1n) is 7.66. The monoisotopic (exact) mass is 343 g/mol. The Morgan fingerprint density at radius 2 is 1.86 bits per heavy atom. The van der Waals surface area contributed by atoms with E-state index in [1.807, 2.05) is 11.8 Å². The molecule has 1 aliphatic heterocycles. The van der Waals surface area contributed by atoms with Crippen LogP contribution in [0.25, 0.3) is 0 Å². The summed E-state index contributed by atoms with van der Waals surface area (Å²) in [4.78, 5) is 0.225. The summed E-state index contributed by atoms with van der Waals surface area (Å²) in [7, 11) is -3.49. The van der Waals surface area contributed by atoms with Gasteiger partial charge in [0.2, 0.25) is 10.0 Å². The maximum atomic E-state index is 12.3. The lowest BCUT2D eigenvalue weighted by atomic mass is 10.3. The summed E-state index contributed by atoms with van der Waals surface area (Å²) in [5, 5.41) is 0.707. The zero-order valence-corrected chi connectivity index (χ0v) is 14.0. The summed E-state index contributed by atoms with van der Waals surface area (Å²) in [6.07, 6.45) is 5.14. The molecule has 0 spiro atoms. The van der Waals surface area contributed by atoms with Crippen molar-refractivity contribution in [2.75, 3.05) is 25.5 Å². The quantitative estimate of drug-likeness (QED) is 0.804. The van der Waals surface area contributed by atoms with Gasteiger partial charge in [0.05, 0.1) is 4.90 Å². The molecule has 0 saturated heterocycles. The minimum atomic E-state index is -3.49. The largest absolute Gasteiger partial charge is 0.486 e. The maximum absolute atomic E-state index is 12.3. The molecule has 7 heteroatoms. The second kappa shape index (κ2) is 7.10. The van der Waals surface area contributed by atoms with Crippen molar-refractivity contribution in [3.05, 3.63) is 18.2 Å². The van der Waals surface area contributed by atoms with Crippen LogP contribution in [-0.2, 0) is 10.0 Å². The van der Waals surface area contributed by atoms with Crippen molar-refractivity contribution in [2.24, 2.45) is 0 Å². The highest BCUT2D eigenvalue weighted by Crippen LogP contribution is 2.32. The summed E-state index contributed by atoms with van der Waals surface area (Å²) < 4.78 is 38.1. The van der Waals surface area contributed by atoms with E-state index in [0.717, 1.165) is 5.75 Å². The average Bonchev–Trinajstić information content (AvgIpc) is 3.04. The van der Waals surface area contributed by atoms with Crippen LogP contribution in [0.1, 0.15) is 25.7 Å². The molecule has 1 N–H and O–H groups in total. The molecule has 0 bridgehead atoms. The molecule has 0 amide bonds. The van der Waals surface area contributed by atoms with Crippen LogP contribution in [0.5, 0.6) is 11.5 Å². The van der Waals surface area contributed by atoms with Crippen molar-refractivity contribution >= 4 is 21.8 Å². The molecule has 1 heterocycles. The number of nitrogens with one attached hydrogen (secondary N) is 1. The predicted molar refractivity (Wildman–Crippen MR) is 87.3 cm³/mol. The van der Waals surface area contributed by atoms with Crippen LogP contribution in [0.4, 0.5) is 0 Å². The number of hydrogen-bond acceptors (Lipinski definition) is 5. The summed E-state index contributed by atoms with van der Waals surface area (Å²) in [5.74, 6) is 1.91. The van der Waals surface area contributed by atoms with Crippen molar-refractivity contribution in [1.82, 2.24) is 4.72 Å². The number of hydrogen-bond donors (Lipinski definition) is 1. The Hall–Kier alpha value is -0.920. The van der Waals surface area contributed by atoms with Crippen LogP contribution in [0.3, 0.4) is 0 Å². The Kier molecular flexibility index (Phi) is 5.15. The van der Waals surface area contributed by atoms with Gasteiger partial charge in [-0.3, -0.25) is 0 Å². The van der Waals surface area contributed by atoms with Crippen molar-refractivity contribution in [2.45, 2.75) is 35.8 Å². The lowest BCUT2D eigenvalue weighted by Gasteiger charge is -2.19. The topological polar surface area (TPSA) is 64.6 Å². The van der Waals surface area contributed by atoms with E-state index in [9.17, 15) is 8.42 Å². The highest BCUT2D eigenvalue weighted by molar-refractivity contribution is 8.00. The first-order chi connectivity index (χ1) is 10.6. The summed E-state index contributed by atoms with van der Waals surface area (Å²) in [6, 6.07) is 4.73. The lowest BCUT2D eigenvalue weighted by Crippen LogP contribution is -2.26. The molecule has 1 saturated carbocycles. The molecule has 5 nitrogen and oxygen atoms in total. The number of rotatable bonds is 6. The van der Waals surface area contributed by atoms with Crippen LogP contribution in [0, 0.1) is 0 Å². The minimum absolute atomic E-state index is 0.225. The Bertz CT molecular complexity index is 612. The number of ether oxygens (including phenoxy) is 2. The van der Waals surface area contributed by atoms with E-state index in [1.54, 1.807) is 12.1 Å². The van der Waals surface area contributed by atoms with E-state index in [-0.39, 0.29) is 4.90 Å². The third kappa shape index (κ3) is 3.88. The number of sulfonamides is 1. The van der Waals surface area contributed by atoms with Crippen LogP contribution in [-0.4, -0.2) is 39.2 Å². The second-order valence-corrected chi connectivity index (χ2v) is 8.66. The Morgan fingerprint density at radius 3 is 2.64 bits per heavy atom. The minimum Gasteiger partial charge on any atom is -0.486 e. The van der Waals surface area contributed by atoms with Gasteiger partial charge < -0.3 is 9.47 Å². The van der Waals surface area contributed by atoms with Gasteiger partial charge in [0.25, 0.3) is 0 Å². The van der Waals surface area contributed by atoms with Gasteiger partial charge in [-0.05, 0) is 25.0 Å². The van der Waals surface area contributed by atoms with Gasteiger partial charge in [0, 0.05) is 23.6 Å². The van der Waals surface area contributed by atoms with Gasteiger partial charge in [0.15, 0.2) is 11.5 Å². The van der Waals surface area contributed by atoms with E-state index in [1.165, 1.54) is 31.7 Å². The fourth-order valence-electron chi connectivity index (χ4n) is 2.73. The average molecular weight is 343 g/mol. The molecule has 1 fully saturated rings. The molecule has 2 aliphatic rings. The molecule has 1 aromatic rings. The molecule has 22 heavy (non-hydrogen) atoms. The molecular weight excluding hydrogens is 322 g/mol. The zero-order chi connectivity index (χ0) is 15.4. The van der Waals surface area contributed by atoms with Crippen LogP contribution < -0.4 is 14.2 Å². The van der Waals surface area contributed by atoms with E-state index in [2.05, 4.69) is 4.72 Å². The van der Waals surface area contributed by atoms with E-state index < -0.39 is 10.0 Å². The summed E-state index contributed by atoms with van der Waals surface area (Å²) in [6.45, 7) is 1.40. The fraction of sp³-hybridized carbons (Fsp3) is 0.600. The Balaban J connectivity index is 1.55. The number of thioether (sulfide) groups is 1. The first kappa shape index (κ1) is 16.0. The van der Waals surface area contributed by atoms with Crippen molar-refractivity contribution in [3.8, 4) is 11.5 Å². The number of fused-ring (bicyclic) bond motifs is 1. The van der Waals surface area contributed by atoms with Crippen LogP contribution in [0.2, 0.25) is 0 Å². The second-order valence-electron chi connectivity index (χ2n) is 5.48. The van der Waals surface area contributed by atoms with Gasteiger partial charge in [-0.2, -0.15) is 11.8 Å². The summed E-state index contributed by atoms with van der Waals surface area (Å²) in [5.41, 5.74) is 0. The zero-order valence-electron chi connectivity index (χ0n) is 12.4. The van der Waals surface area contributed by atoms with E-state index in [0.29, 0.717) is 36.5 Å². The molecule has 122 valence electrons. The van der Waals surface area contributed by atoms with Gasteiger partial charge in [-0.1, -0.05) is 12.8 Å². The molecule has 3 rings (SSSR count). The fourth-order valence-corrected chi connectivity index (χ4v) is 5.13. The molecule has 0 aromatic heterocycles. The molecule has 1 aromatic carbocycles. The van der Waals surface area contributed by atoms with Gasteiger partial charge in [-0.15, -0.1) is 0 Å². The molecule has 0 radical (unpaired) electrons. The van der Waals surface area contributed by atoms with Crippen LogP contribution in [0.15, 0.2) is 23.1 Å². The molecular formula is C15H21NO4S2. The highest BCUT2D eigenvalue weighted by atomic mass is 32.2. The maximum Gasteiger partial charge on any atom is 0.240 e. The summed E-state index contributed by atoms with van der Waals surface area (Å²) >= 11 is 1.87. The molecule has 1 aliphatic carbocycles. The Morgan fingerprint density at radius 1 is 1.14 bits per heavy atom. The van der Waals surface area contributed by atoms with Gasteiger partial charge >= 0.3 is 0 Å². The van der Waals surface area contributed by atoms with Crippen molar-refractivity contribution in [1.29, 1.82) is 0 Å². The van der Waals surface area contributed by atoms with E-state index >= 15 is 0 Å².